The van der Waals surface area contributed by atoms with Crippen LogP contribution in [0.25, 0.3) is 0 Å². The van der Waals surface area contributed by atoms with E-state index in [1.807, 2.05) is 0 Å². The number of hydrogen-bond acceptors (Lipinski definition) is 3. The first kappa shape index (κ1) is 18.3. The lowest BCUT2D eigenvalue weighted by molar-refractivity contribution is -0.0936. The van der Waals surface area contributed by atoms with Gasteiger partial charge < -0.3 is 10.1 Å². The molecule has 1 N–H and O–H groups in total. The maximum Gasteiger partial charge on any atom is 0.408 e. The summed E-state index contributed by atoms with van der Waals surface area (Å²) in [5, 5.41) is 2.55. The molecule has 4 nitrogen and oxygen atoms in total. The Balaban J connectivity index is 1.60. The molecule has 1 aromatic heterocycles. The fraction of sp³-hybridized carbons (Fsp3) is 0.300. The SMILES string of the molecule is O=C1N[C@H](c2cncc(C#CC3CC(F)(F)C3)c2)[C@@H](c2cc(F)ccc2F)O1. The van der Waals surface area contributed by atoms with Crippen molar-refractivity contribution in [1.82, 2.24) is 10.3 Å². The Kier molecular flexibility index (Phi) is 4.46. The van der Waals surface area contributed by atoms with Crippen molar-refractivity contribution in [2.45, 2.75) is 30.9 Å². The summed E-state index contributed by atoms with van der Waals surface area (Å²) in [7, 11) is 0. The van der Waals surface area contributed by atoms with E-state index in [1.165, 1.54) is 12.4 Å². The maximum absolute atomic E-state index is 14.1. The number of cyclic esters (lactones) is 1. The van der Waals surface area contributed by atoms with E-state index in [2.05, 4.69) is 22.1 Å². The first-order valence-corrected chi connectivity index (χ1v) is 8.57. The van der Waals surface area contributed by atoms with Crippen molar-refractivity contribution >= 4 is 6.09 Å². The highest BCUT2D eigenvalue weighted by molar-refractivity contribution is 5.71. The predicted molar refractivity (Wildman–Crippen MR) is 90.2 cm³/mol. The lowest BCUT2D eigenvalue weighted by Crippen LogP contribution is -2.34. The second kappa shape index (κ2) is 6.82. The molecule has 0 unspecified atom stereocenters. The molecule has 2 heterocycles. The molecular formula is C20H14F4N2O2. The standard InChI is InChI=1S/C20H14F4N2O2/c21-14-3-4-16(22)15(6-14)18-17(26-19(27)28-18)13-5-11(9-25-10-13)1-2-12-7-20(23,24)8-12/h3-6,9-10,12,17-18H,7-8H2,(H,26,27)/t17-,18-/m1/s1. The minimum absolute atomic E-state index is 0.100. The summed E-state index contributed by atoms with van der Waals surface area (Å²) >= 11 is 0. The number of rotatable bonds is 2. The zero-order valence-electron chi connectivity index (χ0n) is 14.4. The van der Waals surface area contributed by atoms with Gasteiger partial charge in [0, 0.05) is 42.3 Å². The molecule has 0 bridgehead atoms. The Hall–Kier alpha value is -3.08. The van der Waals surface area contributed by atoms with Crippen LogP contribution in [-0.2, 0) is 4.74 Å². The van der Waals surface area contributed by atoms with Gasteiger partial charge in [-0.1, -0.05) is 11.8 Å². The molecule has 1 aromatic carbocycles. The van der Waals surface area contributed by atoms with Crippen LogP contribution in [0.1, 0.15) is 41.7 Å². The van der Waals surface area contributed by atoms with Gasteiger partial charge in [0.2, 0.25) is 0 Å². The molecule has 4 rings (SSSR count). The van der Waals surface area contributed by atoms with Crippen molar-refractivity contribution in [3.8, 4) is 11.8 Å². The normalized spacial score (nSPS) is 23.2. The molecule has 2 atom stereocenters. The van der Waals surface area contributed by atoms with Gasteiger partial charge in [0.15, 0.2) is 6.10 Å². The van der Waals surface area contributed by atoms with Gasteiger partial charge >= 0.3 is 6.09 Å². The summed E-state index contributed by atoms with van der Waals surface area (Å²) in [6.07, 6.45) is 0.529. The van der Waals surface area contributed by atoms with Crippen LogP contribution < -0.4 is 5.32 Å². The number of aromatic nitrogens is 1. The molecule has 144 valence electrons. The largest absolute Gasteiger partial charge is 0.439 e. The number of alkyl halides is 2. The van der Waals surface area contributed by atoms with Gasteiger partial charge in [-0.2, -0.15) is 0 Å². The number of carbonyl (C=O) groups excluding carboxylic acids is 1. The Bertz CT molecular complexity index is 991. The number of nitrogens with one attached hydrogen (secondary N) is 1. The number of pyridine rings is 1. The van der Waals surface area contributed by atoms with Crippen molar-refractivity contribution < 1.29 is 27.1 Å². The van der Waals surface area contributed by atoms with E-state index in [1.54, 1.807) is 6.07 Å². The summed E-state index contributed by atoms with van der Waals surface area (Å²) in [4.78, 5) is 15.8. The summed E-state index contributed by atoms with van der Waals surface area (Å²) in [5.74, 6) is 1.20. The van der Waals surface area contributed by atoms with Crippen LogP contribution in [0.15, 0.2) is 36.7 Å². The molecule has 8 heteroatoms. The quantitative estimate of drug-likeness (QED) is 0.615. The monoisotopic (exact) mass is 390 g/mol. The third-order valence-electron chi connectivity index (χ3n) is 4.70. The molecule has 2 aliphatic rings. The summed E-state index contributed by atoms with van der Waals surface area (Å²) in [6.45, 7) is 0. The van der Waals surface area contributed by atoms with Crippen molar-refractivity contribution in [2.75, 3.05) is 0 Å². The molecule has 0 spiro atoms. The molecule has 1 amide bonds. The van der Waals surface area contributed by atoms with E-state index in [-0.39, 0.29) is 24.3 Å². The second-order valence-electron chi connectivity index (χ2n) is 6.85. The molecular weight excluding hydrogens is 376 g/mol. The first-order valence-electron chi connectivity index (χ1n) is 8.57. The van der Waals surface area contributed by atoms with Crippen molar-refractivity contribution in [1.29, 1.82) is 0 Å². The Morgan fingerprint density at radius 3 is 2.71 bits per heavy atom. The lowest BCUT2D eigenvalue weighted by Gasteiger charge is -2.31. The summed E-state index contributed by atoms with van der Waals surface area (Å²) in [6, 6.07) is 3.72. The van der Waals surface area contributed by atoms with Crippen molar-refractivity contribution in [3.05, 3.63) is 65.0 Å². The topological polar surface area (TPSA) is 51.2 Å². The van der Waals surface area contributed by atoms with Crippen LogP contribution in [0, 0.1) is 29.4 Å². The Labute approximate surface area is 157 Å². The van der Waals surface area contributed by atoms with E-state index in [4.69, 9.17) is 4.74 Å². The number of nitrogens with zero attached hydrogens (tertiary/aromatic N) is 1. The molecule has 2 fully saturated rings. The number of alkyl carbamates (subject to hydrolysis) is 1. The number of amides is 1. The van der Waals surface area contributed by atoms with Gasteiger partial charge in [0.25, 0.3) is 5.92 Å². The third kappa shape index (κ3) is 3.65. The smallest absolute Gasteiger partial charge is 0.408 e. The molecule has 1 aliphatic heterocycles. The van der Waals surface area contributed by atoms with E-state index < -0.39 is 35.8 Å². The van der Waals surface area contributed by atoms with Crippen LogP contribution in [0.2, 0.25) is 0 Å². The molecule has 1 aliphatic carbocycles. The Morgan fingerprint density at radius 2 is 1.96 bits per heavy atom. The van der Waals surface area contributed by atoms with E-state index in [0.29, 0.717) is 11.1 Å². The van der Waals surface area contributed by atoms with Crippen molar-refractivity contribution in [3.63, 3.8) is 0 Å². The number of carbonyl (C=O) groups is 1. The number of halogens is 4. The molecule has 1 saturated carbocycles. The minimum atomic E-state index is -2.65. The van der Waals surface area contributed by atoms with Gasteiger partial charge in [-0.25, -0.2) is 22.4 Å². The predicted octanol–water partition coefficient (Wildman–Crippen LogP) is 4.28. The fourth-order valence-corrected chi connectivity index (χ4v) is 3.30. The van der Waals surface area contributed by atoms with Gasteiger partial charge in [-0.3, -0.25) is 4.98 Å². The van der Waals surface area contributed by atoms with Gasteiger partial charge in [-0.15, -0.1) is 0 Å². The van der Waals surface area contributed by atoms with Crippen LogP contribution in [0.5, 0.6) is 0 Å². The van der Waals surface area contributed by atoms with Gasteiger partial charge in [0.1, 0.15) is 17.7 Å². The summed E-state index contributed by atoms with van der Waals surface area (Å²) in [5.41, 5.74) is 0.842. The number of ether oxygens (including phenoxy) is 1. The second-order valence-corrected chi connectivity index (χ2v) is 6.85. The molecule has 0 radical (unpaired) electrons. The van der Waals surface area contributed by atoms with E-state index in [9.17, 15) is 22.4 Å². The molecule has 2 aromatic rings. The molecule has 1 saturated heterocycles. The first-order chi connectivity index (χ1) is 13.3. The van der Waals surface area contributed by atoms with E-state index >= 15 is 0 Å². The fourth-order valence-electron chi connectivity index (χ4n) is 3.30. The number of hydrogen-bond donors (Lipinski definition) is 1. The van der Waals surface area contributed by atoms with Crippen molar-refractivity contribution in [2.24, 2.45) is 5.92 Å². The third-order valence-corrected chi connectivity index (χ3v) is 4.70. The van der Waals surface area contributed by atoms with Crippen LogP contribution >= 0.6 is 0 Å². The number of benzene rings is 1. The average Bonchev–Trinajstić information content (AvgIpc) is 3.02. The maximum atomic E-state index is 14.1. The zero-order chi connectivity index (χ0) is 19.9. The highest BCUT2D eigenvalue weighted by atomic mass is 19.3. The minimum Gasteiger partial charge on any atom is -0.439 e. The average molecular weight is 390 g/mol. The summed E-state index contributed by atoms with van der Waals surface area (Å²) < 4.78 is 58.6. The van der Waals surface area contributed by atoms with Crippen LogP contribution in [0.4, 0.5) is 22.4 Å². The van der Waals surface area contributed by atoms with Gasteiger partial charge in [0.05, 0.1) is 0 Å². The van der Waals surface area contributed by atoms with Crippen LogP contribution in [-0.4, -0.2) is 17.0 Å². The zero-order valence-corrected chi connectivity index (χ0v) is 14.4. The van der Waals surface area contributed by atoms with Gasteiger partial charge in [-0.05, 0) is 29.8 Å². The molecule has 28 heavy (non-hydrogen) atoms. The highest BCUT2D eigenvalue weighted by Crippen LogP contribution is 2.42. The van der Waals surface area contributed by atoms with E-state index in [0.717, 1.165) is 18.2 Å². The lowest BCUT2D eigenvalue weighted by atomic mass is 9.82. The Morgan fingerprint density at radius 1 is 1.18 bits per heavy atom. The highest BCUT2D eigenvalue weighted by Gasteiger charge is 2.44. The van der Waals surface area contributed by atoms with Crippen LogP contribution in [0.3, 0.4) is 0 Å².